The van der Waals surface area contributed by atoms with Crippen molar-refractivity contribution in [3.63, 3.8) is 0 Å². The van der Waals surface area contributed by atoms with Gasteiger partial charge in [-0.1, -0.05) is 22.0 Å². The SMILES string of the molecule is COc1cnn(C)c1C(C)=CCCBr. The van der Waals surface area contributed by atoms with E-state index >= 15 is 0 Å². The van der Waals surface area contributed by atoms with Crippen LogP contribution in [0.2, 0.25) is 0 Å². The number of rotatable bonds is 4. The fourth-order valence-corrected chi connectivity index (χ4v) is 1.61. The summed E-state index contributed by atoms with van der Waals surface area (Å²) < 4.78 is 7.06. The van der Waals surface area contributed by atoms with Crippen LogP contribution in [0.25, 0.3) is 5.57 Å². The van der Waals surface area contributed by atoms with Gasteiger partial charge in [0, 0.05) is 12.4 Å². The summed E-state index contributed by atoms with van der Waals surface area (Å²) in [6.45, 7) is 2.07. The van der Waals surface area contributed by atoms with Crippen molar-refractivity contribution in [1.82, 2.24) is 9.78 Å². The number of nitrogens with zero attached hydrogens (tertiary/aromatic N) is 2. The summed E-state index contributed by atoms with van der Waals surface area (Å²) in [7, 11) is 3.58. The number of hydrogen-bond acceptors (Lipinski definition) is 2. The van der Waals surface area contributed by atoms with Gasteiger partial charge < -0.3 is 4.74 Å². The Balaban J connectivity index is 2.98. The van der Waals surface area contributed by atoms with Crippen molar-refractivity contribution in [2.45, 2.75) is 13.3 Å². The average molecular weight is 259 g/mol. The highest BCUT2D eigenvalue weighted by atomic mass is 79.9. The van der Waals surface area contributed by atoms with Crippen LogP contribution in [0.4, 0.5) is 0 Å². The summed E-state index contributed by atoms with van der Waals surface area (Å²) in [5.41, 5.74) is 2.25. The smallest absolute Gasteiger partial charge is 0.164 e. The minimum Gasteiger partial charge on any atom is -0.493 e. The van der Waals surface area contributed by atoms with Crippen LogP contribution >= 0.6 is 15.9 Å². The second kappa shape index (κ2) is 5.20. The molecule has 14 heavy (non-hydrogen) atoms. The summed E-state index contributed by atoms with van der Waals surface area (Å²) >= 11 is 3.40. The molecule has 78 valence electrons. The highest BCUT2D eigenvalue weighted by molar-refractivity contribution is 9.09. The molecule has 3 nitrogen and oxygen atoms in total. The Labute approximate surface area is 92.9 Å². The first-order chi connectivity index (χ1) is 6.70. The lowest BCUT2D eigenvalue weighted by atomic mass is 10.2. The first-order valence-corrected chi connectivity index (χ1v) is 5.62. The molecule has 4 heteroatoms. The van der Waals surface area contributed by atoms with Crippen molar-refractivity contribution in [2.24, 2.45) is 7.05 Å². The number of alkyl halides is 1. The summed E-state index contributed by atoms with van der Waals surface area (Å²) in [4.78, 5) is 0. The number of ether oxygens (including phenoxy) is 1. The molecular formula is C10H15BrN2O. The Morgan fingerprint density at radius 1 is 1.71 bits per heavy atom. The van der Waals surface area contributed by atoms with E-state index < -0.39 is 0 Å². The van der Waals surface area contributed by atoms with E-state index in [4.69, 9.17) is 4.74 Å². The molecular weight excluding hydrogens is 244 g/mol. The first kappa shape index (κ1) is 11.3. The van der Waals surface area contributed by atoms with Crippen molar-refractivity contribution < 1.29 is 4.74 Å². The van der Waals surface area contributed by atoms with Gasteiger partial charge in [-0.2, -0.15) is 5.10 Å². The molecule has 0 unspecified atom stereocenters. The largest absolute Gasteiger partial charge is 0.493 e. The lowest BCUT2D eigenvalue weighted by molar-refractivity contribution is 0.413. The zero-order valence-electron chi connectivity index (χ0n) is 8.75. The second-order valence-electron chi connectivity index (χ2n) is 3.05. The number of hydrogen-bond donors (Lipinski definition) is 0. The number of halogens is 1. The number of allylic oxidation sites excluding steroid dienone is 2. The van der Waals surface area contributed by atoms with Gasteiger partial charge in [0.1, 0.15) is 5.69 Å². The molecule has 0 aliphatic carbocycles. The quantitative estimate of drug-likeness (QED) is 0.777. The third-order valence-electron chi connectivity index (χ3n) is 2.06. The molecule has 0 N–H and O–H groups in total. The topological polar surface area (TPSA) is 27.1 Å². The fraction of sp³-hybridized carbons (Fsp3) is 0.500. The van der Waals surface area contributed by atoms with Gasteiger partial charge in [-0.25, -0.2) is 0 Å². The van der Waals surface area contributed by atoms with Gasteiger partial charge in [-0.3, -0.25) is 4.68 Å². The minimum absolute atomic E-state index is 0.829. The Morgan fingerprint density at radius 2 is 2.43 bits per heavy atom. The number of aromatic nitrogens is 2. The molecule has 0 aliphatic rings. The maximum absolute atomic E-state index is 5.23. The van der Waals surface area contributed by atoms with Crippen LogP contribution in [-0.2, 0) is 7.05 Å². The van der Waals surface area contributed by atoms with Gasteiger partial charge in [0.15, 0.2) is 5.75 Å². The molecule has 0 spiro atoms. The molecule has 0 aliphatic heterocycles. The maximum Gasteiger partial charge on any atom is 0.164 e. The zero-order valence-corrected chi connectivity index (χ0v) is 10.3. The van der Waals surface area contributed by atoms with Gasteiger partial charge in [0.05, 0.1) is 13.3 Å². The van der Waals surface area contributed by atoms with Crippen molar-refractivity contribution in [3.8, 4) is 5.75 Å². The average Bonchev–Trinajstić information content (AvgIpc) is 2.56. The lowest BCUT2D eigenvalue weighted by Crippen LogP contribution is -1.97. The molecule has 0 amide bonds. The zero-order chi connectivity index (χ0) is 10.6. The van der Waals surface area contributed by atoms with E-state index in [0.29, 0.717) is 0 Å². The molecule has 0 aromatic carbocycles. The second-order valence-corrected chi connectivity index (χ2v) is 3.84. The summed E-state index contributed by atoms with van der Waals surface area (Å²) in [6.07, 6.45) is 4.93. The highest BCUT2D eigenvalue weighted by Crippen LogP contribution is 2.24. The third-order valence-corrected chi connectivity index (χ3v) is 2.52. The molecule has 1 rings (SSSR count). The van der Waals surface area contributed by atoms with Crippen LogP contribution in [-0.4, -0.2) is 22.2 Å². The van der Waals surface area contributed by atoms with Crippen LogP contribution in [0.1, 0.15) is 19.0 Å². The highest BCUT2D eigenvalue weighted by Gasteiger charge is 2.09. The summed E-state index contributed by atoms with van der Waals surface area (Å²) in [6, 6.07) is 0. The van der Waals surface area contributed by atoms with E-state index in [0.717, 1.165) is 23.2 Å². The van der Waals surface area contributed by atoms with E-state index in [1.54, 1.807) is 13.3 Å². The van der Waals surface area contributed by atoms with Crippen molar-refractivity contribution >= 4 is 21.5 Å². The first-order valence-electron chi connectivity index (χ1n) is 4.49. The molecule has 0 atom stereocenters. The number of aryl methyl sites for hydroxylation is 1. The van der Waals surface area contributed by atoms with Gasteiger partial charge in [0.25, 0.3) is 0 Å². The molecule has 0 radical (unpaired) electrons. The van der Waals surface area contributed by atoms with E-state index in [2.05, 4.69) is 34.0 Å². The van der Waals surface area contributed by atoms with E-state index in [9.17, 15) is 0 Å². The minimum atomic E-state index is 0.829. The van der Waals surface area contributed by atoms with Crippen molar-refractivity contribution in [1.29, 1.82) is 0 Å². The summed E-state index contributed by atoms with van der Waals surface area (Å²) in [5, 5.41) is 5.13. The van der Waals surface area contributed by atoms with Crippen molar-refractivity contribution in [2.75, 3.05) is 12.4 Å². The van der Waals surface area contributed by atoms with Crippen LogP contribution in [0.15, 0.2) is 12.3 Å². The molecule has 0 bridgehead atoms. The van der Waals surface area contributed by atoms with Gasteiger partial charge >= 0.3 is 0 Å². The Hall–Kier alpha value is -0.770. The molecule has 0 saturated carbocycles. The molecule has 0 saturated heterocycles. The van der Waals surface area contributed by atoms with E-state index in [1.165, 1.54) is 5.57 Å². The van der Waals surface area contributed by atoms with E-state index in [1.807, 2.05) is 11.7 Å². The molecule has 1 aromatic heterocycles. The van der Waals surface area contributed by atoms with Crippen LogP contribution < -0.4 is 4.74 Å². The number of methoxy groups -OCH3 is 1. The van der Waals surface area contributed by atoms with Gasteiger partial charge in [-0.15, -0.1) is 0 Å². The van der Waals surface area contributed by atoms with E-state index in [-0.39, 0.29) is 0 Å². The lowest BCUT2D eigenvalue weighted by Gasteiger charge is -2.05. The Bertz CT molecular complexity index is 331. The Morgan fingerprint density at radius 3 is 3.00 bits per heavy atom. The normalized spacial score (nSPS) is 11.9. The predicted molar refractivity (Wildman–Crippen MR) is 61.8 cm³/mol. The van der Waals surface area contributed by atoms with Gasteiger partial charge in [-0.05, 0) is 18.9 Å². The molecule has 1 aromatic rings. The summed E-state index contributed by atoms with van der Waals surface area (Å²) in [5.74, 6) is 0.829. The maximum atomic E-state index is 5.23. The predicted octanol–water partition coefficient (Wildman–Crippen LogP) is 2.62. The third kappa shape index (κ3) is 2.38. The Kier molecular flexibility index (Phi) is 4.20. The van der Waals surface area contributed by atoms with Crippen LogP contribution in [0.5, 0.6) is 5.75 Å². The monoisotopic (exact) mass is 258 g/mol. The van der Waals surface area contributed by atoms with Crippen LogP contribution in [0.3, 0.4) is 0 Å². The van der Waals surface area contributed by atoms with Gasteiger partial charge in [0.2, 0.25) is 0 Å². The standard InChI is InChI=1S/C10H15BrN2O/c1-8(5-4-6-11)10-9(14-3)7-12-13(10)2/h5,7H,4,6H2,1-3H3. The fourth-order valence-electron chi connectivity index (χ4n) is 1.38. The van der Waals surface area contributed by atoms with Crippen LogP contribution in [0, 0.1) is 0 Å². The van der Waals surface area contributed by atoms with Crippen molar-refractivity contribution in [3.05, 3.63) is 18.0 Å². The molecule has 0 fully saturated rings. The molecule has 1 heterocycles.